The van der Waals surface area contributed by atoms with E-state index < -0.39 is 0 Å². The topological polar surface area (TPSA) is 47.8 Å². The van der Waals surface area contributed by atoms with E-state index in [0.717, 1.165) is 0 Å². The molecule has 0 saturated carbocycles. The predicted octanol–water partition coefficient (Wildman–Crippen LogP) is 0.982. The molecule has 0 aliphatic heterocycles. The van der Waals surface area contributed by atoms with Crippen molar-refractivity contribution in [3.63, 3.8) is 0 Å². The van der Waals surface area contributed by atoms with Crippen molar-refractivity contribution in [2.45, 2.75) is 0 Å². The lowest BCUT2D eigenvalue weighted by Gasteiger charge is -2.02. The molecular weight excluding hydrogens is 190 g/mol. The summed E-state index contributed by atoms with van der Waals surface area (Å²) in [6.07, 6.45) is 1.61. The van der Waals surface area contributed by atoms with E-state index in [0.29, 0.717) is 11.2 Å². The number of aryl methyl sites for hydroxylation is 1. The highest BCUT2D eigenvalue weighted by Crippen LogP contribution is 2.07. The molecule has 66 valence electrons. The second kappa shape index (κ2) is 2.81. The number of pyridine rings is 1. The van der Waals surface area contributed by atoms with Crippen LogP contribution in [0.25, 0.3) is 11.2 Å². The first kappa shape index (κ1) is 8.19. The summed E-state index contributed by atoms with van der Waals surface area (Å²) in [5.74, 6) is 0. The Bertz CT molecular complexity index is 520. The zero-order chi connectivity index (χ0) is 9.42. The Morgan fingerprint density at radius 2 is 2.31 bits per heavy atom. The van der Waals surface area contributed by atoms with Gasteiger partial charge in [-0.3, -0.25) is 4.79 Å². The molecule has 2 aromatic rings. The molecule has 2 heterocycles. The molecule has 0 amide bonds. The van der Waals surface area contributed by atoms with E-state index in [2.05, 4.69) is 9.97 Å². The molecule has 0 spiro atoms. The van der Waals surface area contributed by atoms with Gasteiger partial charge in [0.1, 0.15) is 0 Å². The third kappa shape index (κ3) is 1.19. The molecule has 13 heavy (non-hydrogen) atoms. The van der Waals surface area contributed by atoms with Gasteiger partial charge in [0.15, 0.2) is 10.8 Å². The van der Waals surface area contributed by atoms with Crippen LogP contribution < -0.4 is 5.56 Å². The van der Waals surface area contributed by atoms with Gasteiger partial charge in [-0.15, -0.1) is 0 Å². The smallest absolute Gasteiger partial charge is 0.288 e. The number of rotatable bonds is 0. The van der Waals surface area contributed by atoms with Crippen LogP contribution in [0.5, 0.6) is 0 Å². The van der Waals surface area contributed by atoms with Crippen molar-refractivity contribution >= 4 is 22.8 Å². The van der Waals surface area contributed by atoms with Gasteiger partial charge in [0.25, 0.3) is 5.56 Å². The lowest BCUT2D eigenvalue weighted by Crippen LogP contribution is -2.19. The number of halogens is 1. The van der Waals surface area contributed by atoms with E-state index >= 15 is 0 Å². The molecule has 2 aromatic heterocycles. The van der Waals surface area contributed by atoms with Gasteiger partial charge in [0, 0.05) is 13.2 Å². The zero-order valence-corrected chi connectivity index (χ0v) is 7.62. The molecule has 0 saturated heterocycles. The third-order valence-corrected chi connectivity index (χ3v) is 2.06. The third-order valence-electron chi connectivity index (χ3n) is 1.81. The fourth-order valence-electron chi connectivity index (χ4n) is 1.13. The number of nitrogens with zero attached hydrogens (tertiary/aromatic N) is 3. The molecule has 0 radical (unpaired) electrons. The van der Waals surface area contributed by atoms with Crippen LogP contribution >= 0.6 is 11.6 Å². The maximum atomic E-state index is 11.3. The molecule has 0 bridgehead atoms. The first-order valence-corrected chi connectivity index (χ1v) is 4.05. The molecule has 0 N–H and O–H groups in total. The van der Waals surface area contributed by atoms with Gasteiger partial charge in [-0.05, 0) is 12.1 Å². The molecule has 0 unspecified atom stereocenters. The van der Waals surface area contributed by atoms with Gasteiger partial charge in [-0.25, -0.2) is 9.97 Å². The minimum atomic E-state index is -0.304. The van der Waals surface area contributed by atoms with Crippen molar-refractivity contribution in [2.75, 3.05) is 0 Å². The van der Waals surface area contributed by atoms with Crippen molar-refractivity contribution in [1.82, 2.24) is 14.5 Å². The second-order valence-electron chi connectivity index (χ2n) is 2.61. The minimum absolute atomic E-state index is 0.0475. The second-order valence-corrected chi connectivity index (χ2v) is 2.97. The molecule has 4 nitrogen and oxygen atoms in total. The summed E-state index contributed by atoms with van der Waals surface area (Å²) in [5.41, 5.74) is 0.855. The summed E-state index contributed by atoms with van der Waals surface area (Å²) in [6.45, 7) is 0. The van der Waals surface area contributed by atoms with Crippen LogP contribution in [0.1, 0.15) is 0 Å². The van der Waals surface area contributed by atoms with Crippen LogP contribution in [0.4, 0.5) is 0 Å². The van der Waals surface area contributed by atoms with Gasteiger partial charge < -0.3 is 4.57 Å². The fraction of sp³-hybridized carbons (Fsp3) is 0.125. The summed E-state index contributed by atoms with van der Waals surface area (Å²) in [5, 5.41) is -0.0475. The largest absolute Gasteiger partial charge is 0.306 e. The molecule has 0 aromatic carbocycles. The number of hydrogen-bond donors (Lipinski definition) is 0. The van der Waals surface area contributed by atoms with Crippen LogP contribution in [0.3, 0.4) is 0 Å². The molecule has 0 atom stereocenters. The van der Waals surface area contributed by atoms with Gasteiger partial charge in [0.2, 0.25) is 0 Å². The Kier molecular flexibility index (Phi) is 1.77. The Hall–Kier alpha value is -1.42. The highest BCUT2D eigenvalue weighted by atomic mass is 35.5. The van der Waals surface area contributed by atoms with Crippen molar-refractivity contribution < 1.29 is 0 Å². The van der Waals surface area contributed by atoms with Crippen molar-refractivity contribution in [3.05, 3.63) is 33.8 Å². The zero-order valence-electron chi connectivity index (χ0n) is 6.86. The number of hydrogen-bond acceptors (Lipinski definition) is 3. The SMILES string of the molecule is Cn1c(=O)c(Cl)nc2ncccc21. The van der Waals surface area contributed by atoms with Gasteiger partial charge in [0.05, 0.1) is 5.52 Å². The van der Waals surface area contributed by atoms with E-state index in [1.807, 2.05) is 0 Å². The number of fused-ring (bicyclic) bond motifs is 1. The quantitative estimate of drug-likeness (QED) is 0.630. The van der Waals surface area contributed by atoms with Crippen LogP contribution in [-0.2, 0) is 7.05 Å². The van der Waals surface area contributed by atoms with Gasteiger partial charge in [-0.1, -0.05) is 11.6 Å². The summed E-state index contributed by atoms with van der Waals surface area (Å²) >= 11 is 5.61. The van der Waals surface area contributed by atoms with Crippen LogP contribution in [-0.4, -0.2) is 14.5 Å². The summed E-state index contributed by atoms with van der Waals surface area (Å²) in [7, 11) is 1.64. The van der Waals surface area contributed by atoms with Crippen molar-refractivity contribution in [2.24, 2.45) is 7.05 Å². The van der Waals surface area contributed by atoms with Crippen LogP contribution in [0.15, 0.2) is 23.1 Å². The Balaban J connectivity index is 3.02. The van der Waals surface area contributed by atoms with E-state index in [-0.39, 0.29) is 10.7 Å². The highest BCUT2D eigenvalue weighted by molar-refractivity contribution is 6.29. The molecule has 0 fully saturated rings. The van der Waals surface area contributed by atoms with Gasteiger partial charge >= 0.3 is 0 Å². The summed E-state index contributed by atoms with van der Waals surface area (Å²) < 4.78 is 1.43. The van der Waals surface area contributed by atoms with E-state index in [1.54, 1.807) is 25.4 Å². The maximum Gasteiger partial charge on any atom is 0.288 e. The van der Waals surface area contributed by atoms with Gasteiger partial charge in [-0.2, -0.15) is 0 Å². The minimum Gasteiger partial charge on any atom is -0.306 e. The normalized spacial score (nSPS) is 10.6. The molecule has 2 rings (SSSR count). The van der Waals surface area contributed by atoms with Crippen molar-refractivity contribution in [1.29, 1.82) is 0 Å². The standard InChI is InChI=1S/C8H6ClN3O/c1-12-5-3-2-4-10-7(5)11-6(9)8(12)13/h2-4H,1H3. The van der Waals surface area contributed by atoms with Crippen LogP contribution in [0, 0.1) is 0 Å². The molecule has 0 aliphatic rings. The Morgan fingerprint density at radius 1 is 1.54 bits per heavy atom. The number of aromatic nitrogens is 3. The van der Waals surface area contributed by atoms with Crippen molar-refractivity contribution in [3.8, 4) is 0 Å². The Labute approximate surface area is 78.8 Å². The average molecular weight is 196 g/mol. The maximum absolute atomic E-state index is 11.3. The molecule has 5 heteroatoms. The molecular formula is C8H6ClN3O. The summed E-state index contributed by atoms with van der Waals surface area (Å²) in [6, 6.07) is 3.52. The predicted molar refractivity (Wildman–Crippen MR) is 49.8 cm³/mol. The van der Waals surface area contributed by atoms with E-state index in [1.165, 1.54) is 4.57 Å². The average Bonchev–Trinajstić information content (AvgIpc) is 2.15. The van der Waals surface area contributed by atoms with Crippen LogP contribution in [0.2, 0.25) is 5.15 Å². The first-order valence-electron chi connectivity index (χ1n) is 3.67. The Morgan fingerprint density at radius 3 is 3.08 bits per heavy atom. The van der Waals surface area contributed by atoms with E-state index in [4.69, 9.17) is 11.6 Å². The highest BCUT2D eigenvalue weighted by Gasteiger charge is 2.05. The first-order chi connectivity index (χ1) is 6.20. The molecule has 0 aliphatic carbocycles. The lowest BCUT2D eigenvalue weighted by molar-refractivity contribution is 0.887. The fourth-order valence-corrected chi connectivity index (χ4v) is 1.33. The lowest BCUT2D eigenvalue weighted by atomic mass is 10.4. The monoisotopic (exact) mass is 195 g/mol. The summed E-state index contributed by atoms with van der Waals surface area (Å²) in [4.78, 5) is 19.2. The van der Waals surface area contributed by atoms with E-state index in [9.17, 15) is 4.79 Å².